The number of carbonyl (C=O) groups is 1. The zero-order valence-corrected chi connectivity index (χ0v) is 14.2. The predicted octanol–water partition coefficient (Wildman–Crippen LogP) is 1.85. The summed E-state index contributed by atoms with van der Waals surface area (Å²) in [5.41, 5.74) is 1.85. The third-order valence-corrected chi connectivity index (χ3v) is 5.69. The summed E-state index contributed by atoms with van der Waals surface area (Å²) in [4.78, 5) is 17.2. The molecule has 0 spiro atoms. The second-order valence-corrected chi connectivity index (χ2v) is 7.04. The van der Waals surface area contributed by atoms with E-state index in [0.717, 1.165) is 62.0 Å². The van der Waals surface area contributed by atoms with E-state index in [1.54, 1.807) is 0 Å². The van der Waals surface area contributed by atoms with Crippen molar-refractivity contribution in [3.63, 3.8) is 0 Å². The van der Waals surface area contributed by atoms with Crippen molar-refractivity contribution in [3.8, 4) is 0 Å². The summed E-state index contributed by atoms with van der Waals surface area (Å²) < 4.78 is 1.99. The first-order valence-electron chi connectivity index (χ1n) is 8.91. The molecule has 1 N–H and O–H groups in total. The van der Waals surface area contributed by atoms with Crippen LogP contribution in [-0.2, 0) is 7.05 Å². The highest BCUT2D eigenvalue weighted by molar-refractivity contribution is 5.98. The Bertz CT molecular complexity index is 746. The Balaban J connectivity index is 1.47. The third-order valence-electron chi connectivity index (χ3n) is 5.69. The van der Waals surface area contributed by atoms with E-state index < -0.39 is 0 Å². The maximum absolute atomic E-state index is 12.9. The fraction of sp³-hybridized carbons (Fsp3) is 0.526. The lowest BCUT2D eigenvalue weighted by atomic mass is 10.1. The van der Waals surface area contributed by atoms with Gasteiger partial charge in [0, 0.05) is 50.2 Å². The number of benzene rings is 1. The lowest BCUT2D eigenvalue weighted by Gasteiger charge is -2.39. The van der Waals surface area contributed by atoms with Gasteiger partial charge < -0.3 is 14.6 Å². The average Bonchev–Trinajstić information content (AvgIpc) is 3.18. The highest BCUT2D eigenvalue weighted by Gasteiger charge is 2.33. The molecule has 1 saturated carbocycles. The van der Waals surface area contributed by atoms with Gasteiger partial charge in [-0.2, -0.15) is 0 Å². The van der Waals surface area contributed by atoms with Gasteiger partial charge >= 0.3 is 0 Å². The Morgan fingerprint density at radius 2 is 1.88 bits per heavy atom. The molecule has 2 fully saturated rings. The second kappa shape index (κ2) is 6.22. The molecule has 4 rings (SSSR count). The van der Waals surface area contributed by atoms with E-state index in [2.05, 4.69) is 4.90 Å². The molecular formula is C19H25N3O2. The summed E-state index contributed by atoms with van der Waals surface area (Å²) >= 11 is 0. The summed E-state index contributed by atoms with van der Waals surface area (Å²) in [6.07, 6.45) is 2.92. The first-order valence-corrected chi connectivity index (χ1v) is 8.91. The summed E-state index contributed by atoms with van der Waals surface area (Å²) in [6.45, 7) is 3.20. The summed E-state index contributed by atoms with van der Waals surface area (Å²) in [6, 6.07) is 10.4. The molecule has 0 unspecified atom stereocenters. The highest BCUT2D eigenvalue weighted by Crippen LogP contribution is 2.26. The largest absolute Gasteiger partial charge is 0.391 e. The molecule has 1 saturated heterocycles. The van der Waals surface area contributed by atoms with Gasteiger partial charge in [-0.25, -0.2) is 0 Å². The predicted molar refractivity (Wildman–Crippen MR) is 94.0 cm³/mol. The first kappa shape index (κ1) is 15.7. The van der Waals surface area contributed by atoms with Crippen molar-refractivity contribution in [1.82, 2.24) is 14.4 Å². The van der Waals surface area contributed by atoms with Crippen molar-refractivity contribution < 1.29 is 9.90 Å². The van der Waals surface area contributed by atoms with Gasteiger partial charge in [0.15, 0.2) is 0 Å². The molecule has 2 aromatic rings. The zero-order valence-electron chi connectivity index (χ0n) is 14.2. The van der Waals surface area contributed by atoms with Crippen LogP contribution in [0, 0.1) is 0 Å². The van der Waals surface area contributed by atoms with Gasteiger partial charge in [-0.3, -0.25) is 9.69 Å². The number of hydrogen-bond donors (Lipinski definition) is 1. The van der Waals surface area contributed by atoms with E-state index in [4.69, 9.17) is 0 Å². The summed E-state index contributed by atoms with van der Waals surface area (Å²) in [5.74, 6) is 0.111. The van der Waals surface area contributed by atoms with Crippen LogP contribution >= 0.6 is 0 Å². The number of hydrogen-bond acceptors (Lipinski definition) is 3. The number of amides is 1. The lowest BCUT2D eigenvalue weighted by molar-refractivity contribution is 0.0311. The average molecular weight is 327 g/mol. The van der Waals surface area contributed by atoms with E-state index in [-0.39, 0.29) is 12.0 Å². The minimum atomic E-state index is -0.189. The molecule has 5 nitrogen and oxygen atoms in total. The molecule has 24 heavy (non-hydrogen) atoms. The monoisotopic (exact) mass is 327 g/mol. The van der Waals surface area contributed by atoms with Gasteiger partial charge in [0.05, 0.1) is 6.10 Å². The maximum Gasteiger partial charge on any atom is 0.270 e. The van der Waals surface area contributed by atoms with Crippen molar-refractivity contribution in [1.29, 1.82) is 0 Å². The highest BCUT2D eigenvalue weighted by atomic mass is 16.3. The number of nitrogens with zero attached hydrogens (tertiary/aromatic N) is 3. The fourth-order valence-corrected chi connectivity index (χ4v) is 4.26. The number of aromatic nitrogens is 1. The molecule has 1 aliphatic carbocycles. The molecule has 1 aromatic carbocycles. The molecule has 0 radical (unpaired) electrons. The fourth-order valence-electron chi connectivity index (χ4n) is 4.26. The molecule has 5 heteroatoms. The minimum Gasteiger partial charge on any atom is -0.391 e. The third kappa shape index (κ3) is 2.62. The molecule has 1 aliphatic heterocycles. The number of rotatable bonds is 2. The smallest absolute Gasteiger partial charge is 0.270 e. The zero-order chi connectivity index (χ0) is 16.7. The van der Waals surface area contributed by atoms with Crippen LogP contribution in [0.4, 0.5) is 0 Å². The quantitative estimate of drug-likeness (QED) is 0.916. The van der Waals surface area contributed by atoms with Crippen LogP contribution in [0.2, 0.25) is 0 Å². The van der Waals surface area contributed by atoms with Crippen molar-refractivity contribution in [2.45, 2.75) is 31.4 Å². The molecule has 1 aromatic heterocycles. The standard InChI is InChI=1S/C19H25N3O2/c1-20-15-6-3-2-5-14(15)13-17(20)19(24)22-11-9-21(10-12-22)16-7-4-8-18(16)23/h2-3,5-6,13,16,18,23H,4,7-12H2,1H3/t16-,18+/m0/s1. The summed E-state index contributed by atoms with van der Waals surface area (Å²) in [7, 11) is 1.96. The normalized spacial score (nSPS) is 25.5. The van der Waals surface area contributed by atoms with E-state index in [0.29, 0.717) is 6.04 Å². The van der Waals surface area contributed by atoms with Crippen LogP contribution in [0.15, 0.2) is 30.3 Å². The number of carbonyl (C=O) groups excluding carboxylic acids is 1. The van der Waals surface area contributed by atoms with Gasteiger partial charge in [0.1, 0.15) is 5.69 Å². The first-order chi connectivity index (χ1) is 11.6. The second-order valence-electron chi connectivity index (χ2n) is 7.04. The Morgan fingerprint density at radius 1 is 1.12 bits per heavy atom. The molecule has 0 bridgehead atoms. The van der Waals surface area contributed by atoms with E-state index in [1.165, 1.54) is 0 Å². The number of aliphatic hydroxyl groups excluding tert-OH is 1. The number of piperazine rings is 1. The van der Waals surface area contributed by atoms with Crippen LogP contribution in [0.1, 0.15) is 29.8 Å². The molecular weight excluding hydrogens is 302 g/mol. The Hall–Kier alpha value is -1.85. The van der Waals surface area contributed by atoms with Crippen molar-refractivity contribution in [3.05, 3.63) is 36.0 Å². The van der Waals surface area contributed by atoms with E-state index in [1.807, 2.05) is 46.8 Å². The number of fused-ring (bicyclic) bond motifs is 1. The van der Waals surface area contributed by atoms with Gasteiger partial charge in [-0.15, -0.1) is 0 Å². The van der Waals surface area contributed by atoms with Crippen LogP contribution < -0.4 is 0 Å². The molecule has 1 amide bonds. The Labute approximate surface area is 142 Å². The number of para-hydroxylation sites is 1. The van der Waals surface area contributed by atoms with Gasteiger partial charge in [0.25, 0.3) is 5.91 Å². The number of aryl methyl sites for hydroxylation is 1. The van der Waals surface area contributed by atoms with Crippen LogP contribution in [-0.4, -0.2) is 63.7 Å². The van der Waals surface area contributed by atoms with Crippen LogP contribution in [0.5, 0.6) is 0 Å². The lowest BCUT2D eigenvalue weighted by Crippen LogP contribution is -2.53. The Morgan fingerprint density at radius 3 is 2.54 bits per heavy atom. The topological polar surface area (TPSA) is 48.7 Å². The van der Waals surface area contributed by atoms with Crippen LogP contribution in [0.25, 0.3) is 10.9 Å². The molecule has 2 aliphatic rings. The van der Waals surface area contributed by atoms with E-state index in [9.17, 15) is 9.90 Å². The van der Waals surface area contributed by atoms with Gasteiger partial charge in [-0.1, -0.05) is 18.2 Å². The van der Waals surface area contributed by atoms with Crippen molar-refractivity contribution >= 4 is 16.8 Å². The minimum absolute atomic E-state index is 0.111. The van der Waals surface area contributed by atoms with Crippen LogP contribution in [0.3, 0.4) is 0 Å². The van der Waals surface area contributed by atoms with Gasteiger partial charge in [0.2, 0.25) is 0 Å². The SMILES string of the molecule is Cn1c(C(=O)N2CCN([C@H]3CCC[C@H]3O)CC2)cc2ccccc21. The summed E-state index contributed by atoms with van der Waals surface area (Å²) in [5, 5.41) is 11.2. The molecule has 2 atom stereocenters. The van der Waals surface area contributed by atoms with Crippen molar-refractivity contribution in [2.75, 3.05) is 26.2 Å². The molecule has 128 valence electrons. The maximum atomic E-state index is 12.9. The molecule has 2 heterocycles. The van der Waals surface area contributed by atoms with Crippen molar-refractivity contribution in [2.24, 2.45) is 7.05 Å². The Kier molecular flexibility index (Phi) is 4.06. The van der Waals surface area contributed by atoms with E-state index >= 15 is 0 Å². The number of aliphatic hydroxyl groups is 1. The van der Waals surface area contributed by atoms with Gasteiger partial charge in [-0.05, 0) is 31.4 Å².